The molecule has 1 heterocycles. The molecule has 0 bridgehead atoms. The van der Waals surface area contributed by atoms with Crippen molar-refractivity contribution in [3.05, 3.63) is 17.5 Å². The number of rotatable bonds is 5. The summed E-state index contributed by atoms with van der Waals surface area (Å²) in [6.45, 7) is 0. The minimum Gasteiger partial charge on any atom is -0.494 e. The summed E-state index contributed by atoms with van der Waals surface area (Å²) in [6, 6.07) is 0. The molecule has 0 atom stereocenters. The lowest BCUT2D eigenvalue weighted by Gasteiger charge is -2.16. The normalized spacial score (nSPS) is 11.1. The highest BCUT2D eigenvalue weighted by atomic mass is 35.5. The fourth-order valence-electron chi connectivity index (χ4n) is 1.47. The molecule has 112 valence electrons. The second kappa shape index (κ2) is 6.65. The van der Waals surface area contributed by atoms with Gasteiger partial charge in [-0.15, -0.1) is 24.8 Å². The Morgan fingerprint density at radius 3 is 2.50 bits per heavy atom. The molecule has 0 saturated carbocycles. The van der Waals surface area contributed by atoms with Crippen LogP contribution in [0.5, 0.6) is 11.5 Å². The van der Waals surface area contributed by atoms with Crippen molar-refractivity contribution in [2.24, 2.45) is 0 Å². The van der Waals surface area contributed by atoms with Crippen LogP contribution in [-0.2, 0) is 21.8 Å². The van der Waals surface area contributed by atoms with Gasteiger partial charge < -0.3 is 14.2 Å². The molecule has 5 nitrogen and oxygen atoms in total. The molecule has 0 aliphatic rings. The summed E-state index contributed by atoms with van der Waals surface area (Å²) in [5.74, 6) is -1.52. The topological polar surface area (TPSA) is 57.7 Å². The van der Waals surface area contributed by atoms with Crippen molar-refractivity contribution >= 4 is 17.6 Å². The van der Waals surface area contributed by atoms with E-state index in [1.807, 2.05) is 0 Å². The van der Waals surface area contributed by atoms with E-state index in [-0.39, 0.29) is 29.3 Å². The van der Waals surface area contributed by atoms with Crippen LogP contribution in [0.2, 0.25) is 0 Å². The average Bonchev–Trinajstić information content (AvgIpc) is 2.37. The second-order valence-corrected chi connectivity index (χ2v) is 3.78. The summed E-state index contributed by atoms with van der Waals surface area (Å²) in [6.07, 6.45) is -4.29. The van der Waals surface area contributed by atoms with Crippen molar-refractivity contribution in [3.8, 4) is 11.5 Å². The zero-order valence-electron chi connectivity index (χ0n) is 10.6. The number of hydrogen-bond acceptors (Lipinski definition) is 5. The molecule has 0 unspecified atom stereocenters. The molecule has 0 fully saturated rings. The van der Waals surface area contributed by atoms with Crippen molar-refractivity contribution in [1.82, 2.24) is 4.98 Å². The van der Waals surface area contributed by atoms with Crippen molar-refractivity contribution < 1.29 is 32.2 Å². The predicted octanol–water partition coefficient (Wildman–Crippen LogP) is 2.44. The molecule has 20 heavy (non-hydrogen) atoms. The Bertz CT molecular complexity index is 493. The first kappa shape index (κ1) is 16.4. The Kier molecular flexibility index (Phi) is 5.43. The molecule has 0 radical (unpaired) electrons. The van der Waals surface area contributed by atoms with E-state index in [1.54, 1.807) is 0 Å². The van der Waals surface area contributed by atoms with Crippen molar-refractivity contribution in [2.45, 2.75) is 18.7 Å². The molecule has 9 heteroatoms. The number of methoxy groups -OCH3 is 2. The van der Waals surface area contributed by atoms with Crippen LogP contribution in [0.3, 0.4) is 0 Å². The first-order valence-corrected chi connectivity index (χ1v) is 5.79. The van der Waals surface area contributed by atoms with Crippen molar-refractivity contribution in [3.63, 3.8) is 0 Å². The summed E-state index contributed by atoms with van der Waals surface area (Å²) < 4.78 is 50.0. The van der Waals surface area contributed by atoms with Gasteiger partial charge in [0.2, 0.25) is 0 Å². The van der Waals surface area contributed by atoms with Crippen molar-refractivity contribution in [2.75, 3.05) is 14.2 Å². The number of ether oxygens (including phenoxy) is 3. The summed E-state index contributed by atoms with van der Waals surface area (Å²) in [5.41, 5.74) is 0.0740. The van der Waals surface area contributed by atoms with Crippen LogP contribution >= 0.6 is 11.6 Å². The average molecular weight is 314 g/mol. The lowest BCUT2D eigenvalue weighted by molar-refractivity contribution is -0.275. The molecule has 1 aromatic rings. The van der Waals surface area contributed by atoms with E-state index in [4.69, 9.17) is 16.3 Å². The van der Waals surface area contributed by atoms with Gasteiger partial charge in [0.25, 0.3) is 0 Å². The number of carbonyl (C=O) groups excluding carboxylic acids is 1. The lowest BCUT2D eigenvalue weighted by Crippen LogP contribution is -2.19. The van der Waals surface area contributed by atoms with Crippen LogP contribution in [0.4, 0.5) is 13.2 Å². The molecule has 0 saturated heterocycles. The largest absolute Gasteiger partial charge is 0.573 e. The van der Waals surface area contributed by atoms with E-state index >= 15 is 0 Å². The highest BCUT2D eigenvalue weighted by Crippen LogP contribution is 2.35. The molecular formula is C11H11ClF3NO4. The van der Waals surface area contributed by atoms with Crippen LogP contribution in [0.1, 0.15) is 11.3 Å². The smallest absolute Gasteiger partial charge is 0.494 e. The number of nitrogens with zero attached hydrogens (tertiary/aromatic N) is 1. The Hall–Kier alpha value is -1.70. The van der Waals surface area contributed by atoms with Gasteiger partial charge in [-0.1, -0.05) is 0 Å². The van der Waals surface area contributed by atoms with Gasteiger partial charge in [0.1, 0.15) is 5.75 Å². The molecule has 0 aliphatic heterocycles. The number of hydrogen-bond donors (Lipinski definition) is 0. The third kappa shape index (κ3) is 4.16. The SMILES string of the molecule is COC(=O)Cc1ncc(OC(F)(F)F)c(CCl)c1OC. The Labute approximate surface area is 117 Å². The van der Waals surface area contributed by atoms with Gasteiger partial charge in [0, 0.05) is 0 Å². The summed E-state index contributed by atoms with van der Waals surface area (Å²) in [4.78, 5) is 14.9. The fraction of sp³-hybridized carbons (Fsp3) is 0.455. The third-order valence-electron chi connectivity index (χ3n) is 2.27. The predicted molar refractivity (Wildman–Crippen MR) is 62.7 cm³/mol. The molecule has 1 rings (SSSR count). The van der Waals surface area contributed by atoms with Gasteiger partial charge >= 0.3 is 12.3 Å². The number of pyridine rings is 1. The molecule has 0 spiro atoms. The first-order chi connectivity index (χ1) is 9.32. The van der Waals surface area contributed by atoms with E-state index in [0.29, 0.717) is 0 Å². The van der Waals surface area contributed by atoms with E-state index in [2.05, 4.69) is 14.5 Å². The Balaban J connectivity index is 3.22. The molecule has 0 N–H and O–H groups in total. The monoisotopic (exact) mass is 313 g/mol. The van der Waals surface area contributed by atoms with E-state index in [9.17, 15) is 18.0 Å². The maximum atomic E-state index is 12.3. The third-order valence-corrected chi connectivity index (χ3v) is 2.54. The Morgan fingerprint density at radius 2 is 2.05 bits per heavy atom. The standard InChI is InChI=1S/C11H11ClF3NO4/c1-18-9(17)3-7-10(19-2)6(4-12)8(5-16-7)20-11(13,14)15/h5H,3-4H2,1-2H3. The highest BCUT2D eigenvalue weighted by Gasteiger charge is 2.33. The van der Waals surface area contributed by atoms with Crippen LogP contribution < -0.4 is 9.47 Å². The minimum atomic E-state index is -4.88. The number of aromatic nitrogens is 1. The van der Waals surface area contributed by atoms with Gasteiger partial charge in [-0.3, -0.25) is 9.78 Å². The fourth-order valence-corrected chi connectivity index (χ4v) is 1.73. The maximum absolute atomic E-state index is 12.3. The number of halogens is 4. The molecule has 0 aliphatic carbocycles. The summed E-state index contributed by atoms with van der Waals surface area (Å²) in [7, 11) is 2.41. The number of esters is 1. The van der Waals surface area contributed by atoms with Crippen molar-refractivity contribution in [1.29, 1.82) is 0 Å². The van der Waals surface area contributed by atoms with Gasteiger partial charge in [0.15, 0.2) is 5.75 Å². The Morgan fingerprint density at radius 1 is 1.40 bits per heavy atom. The van der Waals surface area contributed by atoms with E-state index in [1.165, 1.54) is 14.2 Å². The van der Waals surface area contributed by atoms with E-state index in [0.717, 1.165) is 6.20 Å². The lowest BCUT2D eigenvalue weighted by atomic mass is 10.1. The second-order valence-electron chi connectivity index (χ2n) is 3.52. The highest BCUT2D eigenvalue weighted by molar-refractivity contribution is 6.17. The maximum Gasteiger partial charge on any atom is 0.573 e. The van der Waals surface area contributed by atoms with Crippen LogP contribution in [0.25, 0.3) is 0 Å². The van der Waals surface area contributed by atoms with Crippen LogP contribution in [0.15, 0.2) is 6.20 Å². The van der Waals surface area contributed by atoms with E-state index < -0.39 is 18.1 Å². The molecule has 1 aromatic heterocycles. The minimum absolute atomic E-state index is 0.0350. The first-order valence-electron chi connectivity index (χ1n) is 5.25. The zero-order valence-corrected chi connectivity index (χ0v) is 11.3. The quantitative estimate of drug-likeness (QED) is 0.617. The number of carbonyl (C=O) groups is 1. The van der Waals surface area contributed by atoms with Gasteiger partial charge in [-0.2, -0.15) is 0 Å². The van der Waals surface area contributed by atoms with Gasteiger partial charge in [0.05, 0.1) is 44.0 Å². The molecule has 0 aromatic carbocycles. The van der Waals surface area contributed by atoms with Gasteiger partial charge in [-0.25, -0.2) is 0 Å². The zero-order chi connectivity index (χ0) is 15.3. The summed E-state index contributed by atoms with van der Waals surface area (Å²) in [5, 5.41) is 0. The molecule has 0 amide bonds. The van der Waals surface area contributed by atoms with Crippen LogP contribution in [0, 0.1) is 0 Å². The molecular weight excluding hydrogens is 303 g/mol. The number of alkyl halides is 4. The van der Waals surface area contributed by atoms with Crippen LogP contribution in [-0.4, -0.2) is 31.5 Å². The van der Waals surface area contributed by atoms with Gasteiger partial charge in [-0.05, 0) is 0 Å². The summed E-state index contributed by atoms with van der Waals surface area (Å²) >= 11 is 5.62.